The molecule has 6 nitrogen and oxygen atoms in total. The number of rotatable bonds is 9. The first kappa shape index (κ1) is 16.1. The smallest absolute Gasteiger partial charge is 0.275 e. The Bertz CT molecular complexity index is 610. The number of nitrogens with zero attached hydrogens (tertiary/aromatic N) is 1. The maximum atomic E-state index is 11.6. The first-order chi connectivity index (χ1) is 10.3. The number of thioether (sulfide) groups is 1. The van der Waals surface area contributed by atoms with Crippen LogP contribution in [0.5, 0.6) is 0 Å². The second-order valence-corrected chi connectivity index (χ2v) is 6.22. The zero-order valence-electron chi connectivity index (χ0n) is 12.0. The number of nitrogens with one attached hydrogen (secondary N) is 2. The lowest BCUT2D eigenvalue weighted by Crippen LogP contribution is -2.11. The summed E-state index contributed by atoms with van der Waals surface area (Å²) < 4.78 is 0. The van der Waals surface area contributed by atoms with Gasteiger partial charge in [0.15, 0.2) is 0 Å². The largest absolute Gasteiger partial charge is 0.396 e. The highest BCUT2D eigenvalue weighted by Gasteiger charge is 2.12. The molecule has 0 aromatic carbocycles. The molecule has 0 unspecified atom stereocenters. The summed E-state index contributed by atoms with van der Waals surface area (Å²) in [4.78, 5) is 21.4. The Morgan fingerprint density at radius 3 is 3.05 bits per heavy atom. The predicted molar refractivity (Wildman–Crippen MR) is 86.6 cm³/mol. The van der Waals surface area contributed by atoms with Gasteiger partial charge in [0.25, 0.3) is 5.56 Å². The highest BCUT2D eigenvalue weighted by molar-refractivity contribution is 7.99. The van der Waals surface area contributed by atoms with Crippen molar-refractivity contribution in [3.05, 3.63) is 28.4 Å². The fourth-order valence-electron chi connectivity index (χ4n) is 2.22. The lowest BCUT2D eigenvalue weighted by Gasteiger charge is -2.13. The summed E-state index contributed by atoms with van der Waals surface area (Å²) in [5, 5.41) is 9.45. The number of hydrogen-bond acceptors (Lipinski definition) is 5. The van der Waals surface area contributed by atoms with Crippen LogP contribution in [0.15, 0.2) is 17.3 Å². The van der Waals surface area contributed by atoms with Gasteiger partial charge in [0.2, 0.25) is 0 Å². The average Bonchev–Trinajstić information content (AvgIpc) is 2.91. The number of aromatic nitrogens is 3. The minimum absolute atomic E-state index is 0.151. The van der Waals surface area contributed by atoms with Gasteiger partial charge in [0.1, 0.15) is 5.52 Å². The Morgan fingerprint density at radius 2 is 2.29 bits per heavy atom. The standard InChI is InChI=1S/C14H22N4O2S/c15-4-1-5-21-8-10(7-19)2-3-11-6-16-13-12(11)17-9-18-14(13)20/h6,9-10,16,19H,1-5,7-8,15H2,(H,17,18,20)/t10-/m0/s1. The summed E-state index contributed by atoms with van der Waals surface area (Å²) in [5.74, 6) is 2.24. The first-order valence-corrected chi connectivity index (χ1v) is 8.34. The maximum Gasteiger partial charge on any atom is 0.275 e. The zero-order chi connectivity index (χ0) is 15.1. The number of fused-ring (bicyclic) bond motifs is 1. The van der Waals surface area contributed by atoms with Crippen molar-refractivity contribution in [1.82, 2.24) is 15.0 Å². The Balaban J connectivity index is 1.91. The van der Waals surface area contributed by atoms with Crippen molar-refractivity contribution in [3.63, 3.8) is 0 Å². The molecule has 2 aromatic heterocycles. The Kier molecular flexibility index (Phi) is 6.28. The topological polar surface area (TPSA) is 108 Å². The Labute approximate surface area is 127 Å². The summed E-state index contributed by atoms with van der Waals surface area (Å²) in [6.07, 6.45) is 5.96. The van der Waals surface area contributed by atoms with Crippen LogP contribution in [0.2, 0.25) is 0 Å². The van der Waals surface area contributed by atoms with Gasteiger partial charge >= 0.3 is 0 Å². The third-order valence-electron chi connectivity index (χ3n) is 3.47. The molecule has 7 heteroatoms. The van der Waals surface area contributed by atoms with Crippen molar-refractivity contribution in [2.24, 2.45) is 11.7 Å². The monoisotopic (exact) mass is 310 g/mol. The number of aliphatic hydroxyl groups is 1. The van der Waals surface area contributed by atoms with Crippen molar-refractivity contribution < 1.29 is 5.11 Å². The summed E-state index contributed by atoms with van der Waals surface area (Å²) in [6, 6.07) is 0. The molecular weight excluding hydrogens is 288 g/mol. The van der Waals surface area contributed by atoms with E-state index in [9.17, 15) is 9.90 Å². The molecule has 2 rings (SSSR count). The third kappa shape index (κ3) is 4.33. The van der Waals surface area contributed by atoms with E-state index in [2.05, 4.69) is 15.0 Å². The van der Waals surface area contributed by atoms with Crippen LogP contribution in [-0.4, -0.2) is 44.7 Å². The van der Waals surface area contributed by atoms with E-state index in [4.69, 9.17) is 5.73 Å². The molecule has 2 heterocycles. The highest BCUT2D eigenvalue weighted by atomic mass is 32.2. The van der Waals surface area contributed by atoms with E-state index >= 15 is 0 Å². The molecule has 21 heavy (non-hydrogen) atoms. The van der Waals surface area contributed by atoms with Crippen molar-refractivity contribution in [1.29, 1.82) is 0 Å². The summed E-state index contributed by atoms with van der Waals surface area (Å²) in [7, 11) is 0. The highest BCUT2D eigenvalue weighted by Crippen LogP contribution is 2.19. The first-order valence-electron chi connectivity index (χ1n) is 7.18. The molecule has 1 atom stereocenters. The fraction of sp³-hybridized carbons (Fsp3) is 0.571. The van der Waals surface area contributed by atoms with Crippen LogP contribution in [-0.2, 0) is 6.42 Å². The predicted octanol–water partition coefficient (Wildman–Crippen LogP) is 0.874. The summed E-state index contributed by atoms with van der Waals surface area (Å²) in [6.45, 7) is 0.901. The second kappa shape index (κ2) is 8.21. The van der Waals surface area contributed by atoms with Crippen LogP contribution >= 0.6 is 11.8 Å². The SMILES string of the molecule is NCCCSC[C@H](CO)CCc1c[nH]c2c(=O)[nH]cnc12. The molecule has 0 saturated carbocycles. The van der Waals surface area contributed by atoms with E-state index in [0.717, 1.165) is 41.8 Å². The molecular formula is C14H22N4O2S. The number of nitrogens with two attached hydrogens (primary N) is 1. The second-order valence-electron chi connectivity index (χ2n) is 5.07. The molecule has 116 valence electrons. The minimum atomic E-state index is -0.151. The van der Waals surface area contributed by atoms with Gasteiger partial charge in [-0.3, -0.25) is 4.79 Å². The van der Waals surface area contributed by atoms with E-state index in [1.165, 1.54) is 6.33 Å². The molecule has 0 aliphatic heterocycles. The molecule has 0 fully saturated rings. The molecule has 2 aromatic rings. The van der Waals surface area contributed by atoms with Crippen LogP contribution in [0.1, 0.15) is 18.4 Å². The van der Waals surface area contributed by atoms with Crippen molar-refractivity contribution in [2.75, 3.05) is 24.7 Å². The fourth-order valence-corrected chi connectivity index (χ4v) is 3.36. The maximum absolute atomic E-state index is 11.6. The van der Waals surface area contributed by atoms with Crippen LogP contribution in [0.25, 0.3) is 11.0 Å². The lowest BCUT2D eigenvalue weighted by atomic mass is 10.0. The molecule has 0 bridgehead atoms. The molecule has 0 saturated heterocycles. The normalized spacial score (nSPS) is 12.9. The van der Waals surface area contributed by atoms with Crippen LogP contribution in [0.4, 0.5) is 0 Å². The molecule has 0 aliphatic rings. The molecule has 5 N–H and O–H groups in total. The van der Waals surface area contributed by atoms with Gasteiger partial charge in [-0.1, -0.05) is 0 Å². The van der Waals surface area contributed by atoms with E-state index in [-0.39, 0.29) is 18.1 Å². The molecule has 0 amide bonds. The number of H-pyrrole nitrogens is 2. The Hall–Kier alpha value is -1.31. The molecule has 0 aliphatic carbocycles. The molecule has 0 radical (unpaired) electrons. The minimum Gasteiger partial charge on any atom is -0.396 e. The van der Waals surface area contributed by atoms with Gasteiger partial charge < -0.3 is 20.8 Å². The summed E-state index contributed by atoms with van der Waals surface area (Å²) >= 11 is 1.84. The van der Waals surface area contributed by atoms with Crippen molar-refractivity contribution in [2.45, 2.75) is 19.3 Å². The van der Waals surface area contributed by atoms with Crippen LogP contribution in [0.3, 0.4) is 0 Å². The van der Waals surface area contributed by atoms with E-state index in [1.54, 1.807) is 0 Å². The quantitative estimate of drug-likeness (QED) is 0.514. The van der Waals surface area contributed by atoms with E-state index < -0.39 is 0 Å². The van der Waals surface area contributed by atoms with Gasteiger partial charge in [-0.15, -0.1) is 0 Å². The average molecular weight is 310 g/mol. The van der Waals surface area contributed by atoms with Crippen molar-refractivity contribution in [3.8, 4) is 0 Å². The molecule has 0 spiro atoms. The number of hydrogen-bond donors (Lipinski definition) is 4. The number of aromatic amines is 2. The van der Waals surface area contributed by atoms with E-state index in [0.29, 0.717) is 12.1 Å². The number of aryl methyl sites for hydroxylation is 1. The van der Waals surface area contributed by atoms with Gasteiger partial charge in [0.05, 0.1) is 11.8 Å². The van der Waals surface area contributed by atoms with Gasteiger partial charge in [0, 0.05) is 12.8 Å². The summed E-state index contributed by atoms with van der Waals surface area (Å²) in [5.41, 5.74) is 7.59. The Morgan fingerprint density at radius 1 is 1.43 bits per heavy atom. The lowest BCUT2D eigenvalue weighted by molar-refractivity contribution is 0.233. The van der Waals surface area contributed by atoms with Crippen LogP contribution in [0, 0.1) is 5.92 Å². The number of aliphatic hydroxyl groups excluding tert-OH is 1. The van der Waals surface area contributed by atoms with Gasteiger partial charge in [-0.25, -0.2) is 4.98 Å². The van der Waals surface area contributed by atoms with Crippen LogP contribution < -0.4 is 11.3 Å². The van der Waals surface area contributed by atoms with E-state index in [1.807, 2.05) is 18.0 Å². The zero-order valence-corrected chi connectivity index (χ0v) is 12.8. The van der Waals surface area contributed by atoms with Gasteiger partial charge in [-0.05, 0) is 48.8 Å². The third-order valence-corrected chi connectivity index (χ3v) is 4.76. The van der Waals surface area contributed by atoms with Crippen molar-refractivity contribution >= 4 is 22.8 Å². The van der Waals surface area contributed by atoms with Gasteiger partial charge in [-0.2, -0.15) is 11.8 Å².